The van der Waals surface area contributed by atoms with Gasteiger partial charge in [0.05, 0.1) is 18.4 Å². The molecular formula is C13H20ClN5O. The van der Waals surface area contributed by atoms with Crippen LogP contribution >= 0.6 is 11.6 Å². The van der Waals surface area contributed by atoms with E-state index in [9.17, 15) is 0 Å². The third kappa shape index (κ3) is 2.25. The molecule has 2 fully saturated rings. The summed E-state index contributed by atoms with van der Waals surface area (Å²) in [6.07, 6.45) is 2.16. The smallest absolute Gasteiger partial charge is 0.245 e. The second-order valence-corrected chi connectivity index (χ2v) is 6.24. The van der Waals surface area contributed by atoms with Gasteiger partial charge in [-0.3, -0.25) is 0 Å². The van der Waals surface area contributed by atoms with Crippen LogP contribution in [0.5, 0.6) is 0 Å². The Kier molecular flexibility index (Phi) is 3.56. The van der Waals surface area contributed by atoms with Gasteiger partial charge in [-0.15, -0.1) is 10.2 Å². The number of piperidine rings is 1. The van der Waals surface area contributed by atoms with E-state index in [1.807, 2.05) is 6.92 Å². The van der Waals surface area contributed by atoms with Crippen LogP contribution in [0.25, 0.3) is 0 Å². The van der Waals surface area contributed by atoms with E-state index in [-0.39, 0.29) is 17.6 Å². The number of anilines is 1. The molecule has 0 radical (unpaired) electrons. The highest BCUT2D eigenvalue weighted by atomic mass is 35.5. The van der Waals surface area contributed by atoms with Crippen LogP contribution in [0.3, 0.4) is 0 Å². The lowest BCUT2D eigenvalue weighted by Gasteiger charge is -2.41. The highest BCUT2D eigenvalue weighted by Crippen LogP contribution is 2.41. The highest BCUT2D eigenvalue weighted by molar-refractivity contribution is 6.29. The quantitative estimate of drug-likeness (QED) is 0.838. The van der Waals surface area contributed by atoms with Gasteiger partial charge in [0.1, 0.15) is 0 Å². The minimum atomic E-state index is 0.116. The summed E-state index contributed by atoms with van der Waals surface area (Å²) in [6, 6.07) is 0.121. The SMILES string of the molecule is Cc1nc(N2CCC3(CC2)COC(C)C3N)nnc1Cl. The summed E-state index contributed by atoms with van der Waals surface area (Å²) in [7, 11) is 0. The van der Waals surface area contributed by atoms with Gasteiger partial charge in [-0.2, -0.15) is 0 Å². The summed E-state index contributed by atoms with van der Waals surface area (Å²) in [4.78, 5) is 6.55. The molecule has 0 aromatic carbocycles. The topological polar surface area (TPSA) is 77.2 Å². The van der Waals surface area contributed by atoms with Gasteiger partial charge in [-0.25, -0.2) is 4.98 Å². The molecule has 3 heterocycles. The molecule has 2 aliphatic heterocycles. The number of hydrogen-bond acceptors (Lipinski definition) is 6. The molecular weight excluding hydrogens is 278 g/mol. The zero-order chi connectivity index (χ0) is 14.3. The lowest BCUT2D eigenvalue weighted by molar-refractivity contribution is 0.0973. The highest BCUT2D eigenvalue weighted by Gasteiger charge is 2.47. The average molecular weight is 298 g/mol. The van der Waals surface area contributed by atoms with Crippen molar-refractivity contribution in [3.63, 3.8) is 0 Å². The first-order valence-corrected chi connectivity index (χ1v) is 7.39. The first-order valence-electron chi connectivity index (χ1n) is 7.01. The van der Waals surface area contributed by atoms with Crippen molar-refractivity contribution in [3.8, 4) is 0 Å². The van der Waals surface area contributed by atoms with Crippen LogP contribution in [0, 0.1) is 12.3 Å². The molecule has 2 atom stereocenters. The third-order valence-electron chi connectivity index (χ3n) is 4.68. The third-order valence-corrected chi connectivity index (χ3v) is 5.03. The fourth-order valence-electron chi connectivity index (χ4n) is 3.14. The van der Waals surface area contributed by atoms with Gasteiger partial charge in [0, 0.05) is 24.5 Å². The molecule has 3 rings (SSSR count). The van der Waals surface area contributed by atoms with Crippen molar-refractivity contribution in [2.75, 3.05) is 24.6 Å². The van der Waals surface area contributed by atoms with Crippen molar-refractivity contribution in [3.05, 3.63) is 10.8 Å². The van der Waals surface area contributed by atoms with Crippen LogP contribution in [0.4, 0.5) is 5.95 Å². The maximum atomic E-state index is 6.31. The van der Waals surface area contributed by atoms with Crippen molar-refractivity contribution in [1.82, 2.24) is 15.2 Å². The molecule has 0 amide bonds. The minimum absolute atomic E-state index is 0.116. The summed E-state index contributed by atoms with van der Waals surface area (Å²) in [5, 5.41) is 8.38. The first-order chi connectivity index (χ1) is 9.52. The molecule has 1 aromatic heterocycles. The first kappa shape index (κ1) is 14.0. The second-order valence-electron chi connectivity index (χ2n) is 5.88. The molecule has 20 heavy (non-hydrogen) atoms. The van der Waals surface area contributed by atoms with Gasteiger partial charge in [-0.1, -0.05) is 11.6 Å². The molecule has 2 unspecified atom stereocenters. The van der Waals surface area contributed by atoms with Crippen LogP contribution in [0.2, 0.25) is 5.15 Å². The standard InChI is InChI=1S/C13H20ClN5O/c1-8-11(14)17-18-12(16-8)19-5-3-13(4-6-19)7-20-9(2)10(13)15/h9-10H,3-7,15H2,1-2H3. The zero-order valence-electron chi connectivity index (χ0n) is 11.8. The van der Waals surface area contributed by atoms with E-state index in [0.29, 0.717) is 16.8 Å². The lowest BCUT2D eigenvalue weighted by Crippen LogP contribution is -2.51. The van der Waals surface area contributed by atoms with Crippen molar-refractivity contribution < 1.29 is 4.74 Å². The Hall–Kier alpha value is -0.980. The van der Waals surface area contributed by atoms with Crippen molar-refractivity contribution in [2.24, 2.45) is 11.1 Å². The van der Waals surface area contributed by atoms with Crippen LogP contribution in [0.15, 0.2) is 0 Å². The molecule has 6 nitrogen and oxygen atoms in total. The summed E-state index contributed by atoms with van der Waals surface area (Å²) in [5.41, 5.74) is 7.14. The van der Waals surface area contributed by atoms with E-state index < -0.39 is 0 Å². The summed E-state index contributed by atoms with van der Waals surface area (Å²) >= 11 is 5.87. The fourth-order valence-corrected chi connectivity index (χ4v) is 3.22. The van der Waals surface area contributed by atoms with Crippen molar-refractivity contribution in [2.45, 2.75) is 38.8 Å². The van der Waals surface area contributed by atoms with E-state index >= 15 is 0 Å². The number of ether oxygens (including phenoxy) is 1. The molecule has 0 saturated carbocycles. The van der Waals surface area contributed by atoms with Crippen molar-refractivity contribution >= 4 is 17.5 Å². The average Bonchev–Trinajstić information content (AvgIpc) is 2.72. The number of rotatable bonds is 1. The Morgan fingerprint density at radius 3 is 2.60 bits per heavy atom. The Balaban J connectivity index is 1.71. The fraction of sp³-hybridized carbons (Fsp3) is 0.769. The number of nitrogens with zero attached hydrogens (tertiary/aromatic N) is 4. The Morgan fingerprint density at radius 1 is 1.35 bits per heavy atom. The number of halogens is 1. The van der Waals surface area contributed by atoms with E-state index in [1.54, 1.807) is 0 Å². The lowest BCUT2D eigenvalue weighted by atomic mass is 9.73. The summed E-state index contributed by atoms with van der Waals surface area (Å²) in [6.45, 7) is 6.43. The van der Waals surface area contributed by atoms with Crippen LogP contribution < -0.4 is 10.6 Å². The normalized spacial score (nSPS) is 29.1. The van der Waals surface area contributed by atoms with E-state index in [1.165, 1.54) is 0 Å². The second kappa shape index (κ2) is 5.09. The van der Waals surface area contributed by atoms with Crippen LogP contribution in [-0.4, -0.2) is 47.0 Å². The Bertz CT molecular complexity index is 504. The summed E-state index contributed by atoms with van der Waals surface area (Å²) < 4.78 is 5.73. The van der Waals surface area contributed by atoms with Crippen LogP contribution in [0.1, 0.15) is 25.5 Å². The van der Waals surface area contributed by atoms with Gasteiger partial charge in [0.2, 0.25) is 5.95 Å². The molecule has 2 aliphatic rings. The largest absolute Gasteiger partial charge is 0.376 e. The van der Waals surface area contributed by atoms with E-state index in [4.69, 9.17) is 22.1 Å². The molecule has 110 valence electrons. The monoisotopic (exact) mass is 297 g/mol. The van der Waals surface area contributed by atoms with Gasteiger partial charge in [0.25, 0.3) is 0 Å². The van der Waals surface area contributed by atoms with Gasteiger partial charge >= 0.3 is 0 Å². The number of hydrogen-bond donors (Lipinski definition) is 1. The maximum absolute atomic E-state index is 6.31. The maximum Gasteiger partial charge on any atom is 0.245 e. The molecule has 7 heteroatoms. The number of aromatic nitrogens is 3. The van der Waals surface area contributed by atoms with E-state index in [0.717, 1.165) is 32.5 Å². The van der Waals surface area contributed by atoms with Gasteiger partial charge in [-0.05, 0) is 26.7 Å². The minimum Gasteiger partial charge on any atom is -0.376 e. The molecule has 0 bridgehead atoms. The number of aryl methyl sites for hydroxylation is 1. The zero-order valence-corrected chi connectivity index (χ0v) is 12.6. The molecule has 0 aliphatic carbocycles. The number of nitrogens with two attached hydrogens (primary N) is 1. The van der Waals surface area contributed by atoms with Crippen molar-refractivity contribution in [1.29, 1.82) is 0 Å². The molecule has 1 aromatic rings. The molecule has 2 N–H and O–H groups in total. The Labute approximate surface area is 123 Å². The predicted molar refractivity (Wildman–Crippen MR) is 76.8 cm³/mol. The summed E-state index contributed by atoms with van der Waals surface area (Å²) in [5.74, 6) is 0.655. The molecule has 1 spiro atoms. The van der Waals surface area contributed by atoms with Gasteiger partial charge in [0.15, 0.2) is 5.15 Å². The predicted octanol–water partition coefficient (Wildman–Crippen LogP) is 1.17. The Morgan fingerprint density at radius 2 is 2.05 bits per heavy atom. The van der Waals surface area contributed by atoms with Gasteiger partial charge < -0.3 is 15.4 Å². The van der Waals surface area contributed by atoms with E-state index in [2.05, 4.69) is 27.0 Å². The van der Waals surface area contributed by atoms with Crippen LogP contribution in [-0.2, 0) is 4.74 Å². The molecule has 2 saturated heterocycles.